The van der Waals surface area contributed by atoms with Crippen LogP contribution in [0.4, 0.5) is 0 Å². The highest BCUT2D eigenvalue weighted by Crippen LogP contribution is 2.14. The van der Waals surface area contributed by atoms with Crippen molar-refractivity contribution < 1.29 is 13.2 Å². The second-order valence-corrected chi connectivity index (χ2v) is 9.93. The van der Waals surface area contributed by atoms with Gasteiger partial charge < -0.3 is 5.32 Å². The Bertz CT molecular complexity index is 908. The van der Waals surface area contributed by atoms with Gasteiger partial charge in [-0.05, 0) is 42.6 Å². The second-order valence-electron chi connectivity index (χ2n) is 7.95. The third kappa shape index (κ3) is 7.23. The lowest BCUT2D eigenvalue weighted by Gasteiger charge is -2.26. The molecule has 0 bridgehead atoms. The third-order valence-corrected chi connectivity index (χ3v) is 6.55. The average Bonchev–Trinajstić information content (AvgIpc) is 2.74. The summed E-state index contributed by atoms with van der Waals surface area (Å²) in [6.07, 6.45) is 5.01. The Morgan fingerprint density at radius 3 is 2.20 bits per heavy atom. The van der Waals surface area contributed by atoms with Crippen LogP contribution in [0.25, 0.3) is 0 Å². The molecule has 1 saturated heterocycles. The molecule has 0 unspecified atom stereocenters. The number of rotatable bonds is 9. The summed E-state index contributed by atoms with van der Waals surface area (Å²) in [7, 11) is -3.49. The number of carbonyl (C=O) groups is 1. The molecule has 0 radical (unpaired) electrons. The van der Waals surface area contributed by atoms with Crippen molar-refractivity contribution in [3.8, 4) is 0 Å². The van der Waals surface area contributed by atoms with E-state index in [2.05, 4.69) is 22.3 Å². The van der Waals surface area contributed by atoms with Crippen LogP contribution in [-0.2, 0) is 34.5 Å². The highest BCUT2D eigenvalue weighted by Gasteiger charge is 2.20. The molecule has 0 saturated carbocycles. The van der Waals surface area contributed by atoms with Gasteiger partial charge in [0.05, 0.1) is 12.8 Å². The molecule has 0 atom stereocenters. The van der Waals surface area contributed by atoms with E-state index in [4.69, 9.17) is 0 Å². The van der Waals surface area contributed by atoms with Gasteiger partial charge in [-0.2, -0.15) is 4.31 Å². The molecule has 0 spiro atoms. The zero-order chi connectivity index (χ0) is 21.4. The summed E-state index contributed by atoms with van der Waals surface area (Å²) in [5, 5.41) is 2.83. The van der Waals surface area contributed by atoms with E-state index < -0.39 is 10.0 Å². The first kappa shape index (κ1) is 22.5. The zero-order valence-corrected chi connectivity index (χ0v) is 18.4. The lowest BCUT2D eigenvalue weighted by molar-refractivity contribution is -0.121. The smallest absolute Gasteiger partial charge is 0.235 e. The van der Waals surface area contributed by atoms with Gasteiger partial charge in [-0.25, -0.2) is 8.42 Å². The van der Waals surface area contributed by atoms with Gasteiger partial charge in [-0.3, -0.25) is 9.69 Å². The molecule has 1 amide bonds. The van der Waals surface area contributed by atoms with Crippen molar-refractivity contribution in [3.05, 3.63) is 71.3 Å². The Balaban J connectivity index is 1.49. The van der Waals surface area contributed by atoms with E-state index in [1.54, 1.807) is 0 Å². The highest BCUT2D eigenvalue weighted by atomic mass is 32.2. The predicted molar refractivity (Wildman–Crippen MR) is 119 cm³/mol. The molecule has 1 N–H and O–H groups in total. The van der Waals surface area contributed by atoms with Gasteiger partial charge in [0.1, 0.15) is 0 Å². The van der Waals surface area contributed by atoms with Gasteiger partial charge in [0.15, 0.2) is 0 Å². The van der Waals surface area contributed by atoms with Crippen LogP contribution in [0.2, 0.25) is 0 Å². The number of sulfonamides is 1. The fraction of sp³-hybridized carbons (Fsp3) is 0.435. The largest absolute Gasteiger partial charge is 0.351 e. The van der Waals surface area contributed by atoms with Crippen LogP contribution in [0.5, 0.6) is 0 Å². The molecule has 2 aromatic rings. The normalized spacial score (nSPS) is 15.3. The van der Waals surface area contributed by atoms with Gasteiger partial charge in [0.2, 0.25) is 15.9 Å². The van der Waals surface area contributed by atoms with Gasteiger partial charge in [0.25, 0.3) is 0 Å². The van der Waals surface area contributed by atoms with Crippen LogP contribution in [0, 0.1) is 0 Å². The van der Waals surface area contributed by atoms with Crippen molar-refractivity contribution in [2.45, 2.75) is 38.9 Å². The number of amides is 1. The molecular formula is C23H31N3O3S. The highest BCUT2D eigenvalue weighted by molar-refractivity contribution is 7.88. The fourth-order valence-corrected chi connectivity index (χ4v) is 4.37. The minimum Gasteiger partial charge on any atom is -0.351 e. The average molecular weight is 430 g/mol. The van der Waals surface area contributed by atoms with E-state index in [9.17, 15) is 13.2 Å². The molecule has 162 valence electrons. The number of piperidine rings is 1. The van der Waals surface area contributed by atoms with Crippen molar-refractivity contribution in [1.29, 1.82) is 0 Å². The second kappa shape index (κ2) is 10.7. The summed E-state index contributed by atoms with van der Waals surface area (Å²) in [6, 6.07) is 17.5. The first-order valence-corrected chi connectivity index (χ1v) is 12.3. The summed E-state index contributed by atoms with van der Waals surface area (Å²) >= 11 is 0. The molecule has 1 heterocycles. The van der Waals surface area contributed by atoms with Crippen molar-refractivity contribution in [1.82, 2.24) is 14.5 Å². The van der Waals surface area contributed by atoms with Crippen LogP contribution in [-0.4, -0.2) is 49.4 Å². The number of nitrogens with zero attached hydrogens (tertiary/aromatic N) is 2. The summed E-state index contributed by atoms with van der Waals surface area (Å²) < 4.78 is 25.4. The standard InChI is InChI=1S/C23H31N3O3S/c1-30(28,29)26(18-21-8-4-2-5-9-21)19-23(27)24-16-20-10-12-22(13-11-20)17-25-14-6-3-7-15-25/h2,4-5,8-13H,3,6-7,14-19H2,1H3,(H,24,27). The topological polar surface area (TPSA) is 69.7 Å². The number of benzene rings is 2. The minimum absolute atomic E-state index is 0.179. The molecule has 0 aromatic heterocycles. The molecule has 6 nitrogen and oxygen atoms in total. The van der Waals surface area contributed by atoms with Crippen LogP contribution >= 0.6 is 0 Å². The quantitative estimate of drug-likeness (QED) is 0.666. The van der Waals surface area contributed by atoms with Crippen molar-refractivity contribution in [3.63, 3.8) is 0 Å². The van der Waals surface area contributed by atoms with Crippen LogP contribution in [0.1, 0.15) is 36.0 Å². The zero-order valence-electron chi connectivity index (χ0n) is 17.6. The van der Waals surface area contributed by atoms with Gasteiger partial charge in [-0.1, -0.05) is 61.0 Å². The van der Waals surface area contributed by atoms with Gasteiger partial charge in [-0.15, -0.1) is 0 Å². The van der Waals surface area contributed by atoms with Crippen molar-refractivity contribution >= 4 is 15.9 Å². The van der Waals surface area contributed by atoms with Gasteiger partial charge >= 0.3 is 0 Å². The number of hydrogen-bond donors (Lipinski definition) is 1. The van der Waals surface area contributed by atoms with E-state index >= 15 is 0 Å². The third-order valence-electron chi connectivity index (χ3n) is 5.36. The SMILES string of the molecule is CS(=O)(=O)N(CC(=O)NCc1ccc(CN2CCCCC2)cc1)Cc1ccccc1. The van der Waals surface area contributed by atoms with Gasteiger partial charge in [0, 0.05) is 19.6 Å². The molecule has 7 heteroatoms. The van der Waals surface area contributed by atoms with Crippen LogP contribution < -0.4 is 5.32 Å². The molecular weight excluding hydrogens is 398 g/mol. The predicted octanol–water partition coefficient (Wildman–Crippen LogP) is 2.75. The van der Waals surface area contributed by atoms with Crippen LogP contribution in [0.15, 0.2) is 54.6 Å². The molecule has 3 rings (SSSR count). The van der Waals surface area contributed by atoms with E-state index in [0.717, 1.165) is 37.0 Å². The molecule has 30 heavy (non-hydrogen) atoms. The summed E-state index contributed by atoms with van der Waals surface area (Å²) in [5.41, 5.74) is 3.12. The number of likely N-dealkylation sites (tertiary alicyclic amines) is 1. The summed E-state index contributed by atoms with van der Waals surface area (Å²) in [6.45, 7) is 3.66. The first-order chi connectivity index (χ1) is 14.4. The summed E-state index contributed by atoms with van der Waals surface area (Å²) in [5.74, 6) is -0.311. The number of hydrogen-bond acceptors (Lipinski definition) is 4. The number of nitrogens with one attached hydrogen (secondary N) is 1. The molecule has 1 aliphatic rings. The Morgan fingerprint density at radius 2 is 1.57 bits per heavy atom. The molecule has 0 aliphatic carbocycles. The van der Waals surface area contributed by atoms with E-state index in [0.29, 0.717) is 6.54 Å². The number of carbonyl (C=O) groups excluding carboxylic acids is 1. The Hall–Kier alpha value is -2.22. The Labute approximate surface area is 179 Å². The van der Waals surface area contributed by atoms with E-state index in [1.807, 2.05) is 42.5 Å². The maximum Gasteiger partial charge on any atom is 0.235 e. The molecule has 1 aliphatic heterocycles. The first-order valence-electron chi connectivity index (χ1n) is 10.5. The maximum atomic E-state index is 12.4. The fourth-order valence-electron chi connectivity index (χ4n) is 3.63. The van der Waals surface area contributed by atoms with Crippen molar-refractivity contribution in [2.24, 2.45) is 0 Å². The van der Waals surface area contributed by atoms with E-state index in [-0.39, 0.29) is 19.0 Å². The van der Waals surface area contributed by atoms with E-state index in [1.165, 1.54) is 29.1 Å². The Morgan fingerprint density at radius 1 is 0.933 bits per heavy atom. The van der Waals surface area contributed by atoms with Crippen molar-refractivity contribution in [2.75, 3.05) is 25.9 Å². The molecule has 2 aromatic carbocycles. The minimum atomic E-state index is -3.49. The lowest BCUT2D eigenvalue weighted by atomic mass is 10.1. The van der Waals surface area contributed by atoms with Crippen LogP contribution in [0.3, 0.4) is 0 Å². The lowest BCUT2D eigenvalue weighted by Crippen LogP contribution is -2.39. The summed E-state index contributed by atoms with van der Waals surface area (Å²) in [4.78, 5) is 14.8. The maximum absolute atomic E-state index is 12.4. The monoisotopic (exact) mass is 429 g/mol. The molecule has 1 fully saturated rings. The Kier molecular flexibility index (Phi) is 8.01.